The zero-order valence-corrected chi connectivity index (χ0v) is 11.8. The zero-order valence-electron chi connectivity index (χ0n) is 11.0. The van der Waals surface area contributed by atoms with Gasteiger partial charge in [0.15, 0.2) is 0 Å². The Hall–Kier alpha value is -1.83. The molecule has 0 amide bonds. The zero-order chi connectivity index (χ0) is 15.0. The van der Waals surface area contributed by atoms with E-state index in [1.165, 1.54) is 0 Å². The van der Waals surface area contributed by atoms with Crippen molar-refractivity contribution in [2.75, 3.05) is 10.6 Å². The summed E-state index contributed by atoms with van der Waals surface area (Å²) in [5.41, 5.74) is 7.32. The maximum absolute atomic E-state index is 12.6. The molecule has 1 aliphatic rings. The molecule has 0 atom stereocenters. The van der Waals surface area contributed by atoms with E-state index in [9.17, 15) is 13.2 Å². The van der Waals surface area contributed by atoms with Crippen molar-refractivity contribution in [3.05, 3.63) is 34.8 Å². The minimum atomic E-state index is -4.44. The van der Waals surface area contributed by atoms with Crippen LogP contribution >= 0.6 is 11.3 Å². The molecule has 21 heavy (non-hydrogen) atoms. The van der Waals surface area contributed by atoms with Gasteiger partial charge in [0, 0.05) is 18.3 Å². The number of halogens is 3. The van der Waals surface area contributed by atoms with Crippen molar-refractivity contribution in [1.29, 1.82) is 0 Å². The molecule has 0 unspecified atom stereocenters. The molecule has 0 aliphatic heterocycles. The Bertz CT molecular complexity index is 636. The van der Waals surface area contributed by atoms with E-state index in [0.717, 1.165) is 18.4 Å². The average Bonchev–Trinajstić information content (AvgIpc) is 3.11. The topological polar surface area (TPSA) is 55.0 Å². The van der Waals surface area contributed by atoms with Gasteiger partial charge >= 0.3 is 6.18 Å². The lowest BCUT2D eigenvalue weighted by Gasteiger charge is -2.21. The SMILES string of the molecule is Nc1cccc(CN(c2nnc(C(F)(F)F)s2)C2CC2)c1. The molecule has 2 aromatic rings. The van der Waals surface area contributed by atoms with E-state index in [1.807, 2.05) is 23.1 Å². The van der Waals surface area contributed by atoms with Gasteiger partial charge in [-0.05, 0) is 30.5 Å². The number of nitrogen functional groups attached to an aromatic ring is 1. The summed E-state index contributed by atoms with van der Waals surface area (Å²) in [5.74, 6) is 0. The Balaban J connectivity index is 1.83. The van der Waals surface area contributed by atoms with Crippen molar-refractivity contribution >= 4 is 22.2 Å². The molecule has 112 valence electrons. The summed E-state index contributed by atoms with van der Waals surface area (Å²) < 4.78 is 37.9. The molecule has 1 aromatic carbocycles. The van der Waals surface area contributed by atoms with E-state index >= 15 is 0 Å². The van der Waals surface area contributed by atoms with Gasteiger partial charge < -0.3 is 10.6 Å². The quantitative estimate of drug-likeness (QED) is 0.880. The fourth-order valence-corrected chi connectivity index (χ4v) is 2.86. The Morgan fingerprint density at radius 2 is 2.05 bits per heavy atom. The van der Waals surface area contributed by atoms with E-state index < -0.39 is 11.2 Å². The van der Waals surface area contributed by atoms with E-state index in [0.29, 0.717) is 28.7 Å². The van der Waals surface area contributed by atoms with Gasteiger partial charge in [-0.2, -0.15) is 13.2 Å². The van der Waals surface area contributed by atoms with Crippen molar-refractivity contribution in [2.24, 2.45) is 0 Å². The first kappa shape index (κ1) is 14.1. The number of hydrogen-bond donors (Lipinski definition) is 1. The molecule has 1 saturated carbocycles. The Labute approximate surface area is 123 Å². The predicted octanol–water partition coefficient (Wildman–Crippen LogP) is 3.31. The second kappa shape index (κ2) is 5.18. The van der Waals surface area contributed by atoms with Crippen LogP contribution in [0.5, 0.6) is 0 Å². The summed E-state index contributed by atoms with van der Waals surface area (Å²) in [6.45, 7) is 0.488. The largest absolute Gasteiger partial charge is 0.445 e. The number of alkyl halides is 3. The highest BCUT2D eigenvalue weighted by Gasteiger charge is 2.38. The summed E-state index contributed by atoms with van der Waals surface area (Å²) in [4.78, 5) is 1.88. The summed E-state index contributed by atoms with van der Waals surface area (Å²) in [6, 6.07) is 7.56. The van der Waals surface area contributed by atoms with E-state index in [1.54, 1.807) is 6.07 Å². The van der Waals surface area contributed by atoms with Crippen molar-refractivity contribution < 1.29 is 13.2 Å². The smallest absolute Gasteiger partial charge is 0.399 e. The molecule has 1 heterocycles. The van der Waals surface area contributed by atoms with Gasteiger partial charge in [0.05, 0.1) is 0 Å². The van der Waals surface area contributed by atoms with Gasteiger partial charge in [-0.15, -0.1) is 10.2 Å². The Morgan fingerprint density at radius 1 is 1.29 bits per heavy atom. The van der Waals surface area contributed by atoms with Crippen molar-refractivity contribution in [1.82, 2.24) is 10.2 Å². The number of nitrogens with zero attached hydrogens (tertiary/aromatic N) is 3. The molecular weight excluding hydrogens is 301 g/mol. The van der Waals surface area contributed by atoms with Crippen LogP contribution in [0.15, 0.2) is 24.3 Å². The second-order valence-electron chi connectivity index (χ2n) is 4.99. The van der Waals surface area contributed by atoms with Crippen LogP contribution in [0.3, 0.4) is 0 Å². The van der Waals surface area contributed by atoms with E-state index in [-0.39, 0.29) is 6.04 Å². The van der Waals surface area contributed by atoms with Gasteiger partial charge in [0.1, 0.15) is 0 Å². The van der Waals surface area contributed by atoms with Crippen LogP contribution in [0.25, 0.3) is 0 Å². The first-order chi connectivity index (χ1) is 9.93. The molecule has 8 heteroatoms. The monoisotopic (exact) mass is 314 g/mol. The highest BCUT2D eigenvalue weighted by Crippen LogP contribution is 2.39. The number of aromatic nitrogens is 2. The lowest BCUT2D eigenvalue weighted by molar-refractivity contribution is -0.138. The molecule has 3 rings (SSSR count). The molecule has 0 saturated heterocycles. The maximum atomic E-state index is 12.6. The fourth-order valence-electron chi connectivity index (χ4n) is 2.07. The van der Waals surface area contributed by atoms with Gasteiger partial charge in [0.25, 0.3) is 0 Å². The molecule has 4 nitrogen and oxygen atoms in total. The summed E-state index contributed by atoms with van der Waals surface area (Å²) >= 11 is 0.587. The van der Waals surface area contributed by atoms with Crippen LogP contribution in [0.2, 0.25) is 0 Å². The summed E-state index contributed by atoms with van der Waals surface area (Å²) in [7, 11) is 0. The van der Waals surface area contributed by atoms with Crippen LogP contribution in [0, 0.1) is 0 Å². The van der Waals surface area contributed by atoms with Crippen molar-refractivity contribution in [3.63, 3.8) is 0 Å². The number of nitrogens with two attached hydrogens (primary N) is 1. The third-order valence-corrected chi connectivity index (χ3v) is 4.20. The molecule has 0 radical (unpaired) electrons. The third-order valence-electron chi connectivity index (χ3n) is 3.19. The lowest BCUT2D eigenvalue weighted by atomic mass is 10.2. The van der Waals surface area contributed by atoms with Crippen molar-refractivity contribution in [3.8, 4) is 0 Å². The van der Waals surface area contributed by atoms with Gasteiger partial charge in [-0.25, -0.2) is 0 Å². The molecule has 0 bridgehead atoms. The fraction of sp³-hybridized carbons (Fsp3) is 0.385. The number of rotatable bonds is 4. The van der Waals surface area contributed by atoms with Crippen LogP contribution in [-0.4, -0.2) is 16.2 Å². The van der Waals surface area contributed by atoms with Crippen LogP contribution in [0.1, 0.15) is 23.4 Å². The Morgan fingerprint density at radius 3 is 2.62 bits per heavy atom. The average molecular weight is 314 g/mol. The minimum absolute atomic E-state index is 0.237. The highest BCUT2D eigenvalue weighted by atomic mass is 32.1. The molecule has 2 N–H and O–H groups in total. The van der Waals surface area contributed by atoms with Gasteiger partial charge in [-0.3, -0.25) is 0 Å². The number of anilines is 2. The Kier molecular flexibility index (Phi) is 3.48. The first-order valence-corrected chi connectivity index (χ1v) is 7.27. The molecule has 1 fully saturated rings. The third kappa shape index (κ3) is 3.26. The number of benzene rings is 1. The van der Waals surface area contributed by atoms with Gasteiger partial charge in [-0.1, -0.05) is 23.5 Å². The molecule has 0 spiro atoms. The van der Waals surface area contributed by atoms with Crippen LogP contribution < -0.4 is 10.6 Å². The second-order valence-corrected chi connectivity index (χ2v) is 5.95. The van der Waals surface area contributed by atoms with Gasteiger partial charge in [0.2, 0.25) is 10.1 Å². The van der Waals surface area contributed by atoms with E-state index in [4.69, 9.17) is 5.73 Å². The summed E-state index contributed by atoms with van der Waals surface area (Å²) in [5, 5.41) is 6.37. The summed E-state index contributed by atoms with van der Waals surface area (Å²) in [6.07, 6.45) is -2.52. The van der Waals surface area contributed by atoms with Crippen molar-refractivity contribution in [2.45, 2.75) is 31.6 Å². The molecule has 1 aliphatic carbocycles. The maximum Gasteiger partial charge on any atom is 0.445 e. The predicted molar refractivity (Wildman–Crippen MR) is 75.0 cm³/mol. The molecule has 1 aromatic heterocycles. The normalized spacial score (nSPS) is 15.2. The highest BCUT2D eigenvalue weighted by molar-refractivity contribution is 7.15. The molecular formula is C13H13F3N4S. The van der Waals surface area contributed by atoms with E-state index in [2.05, 4.69) is 10.2 Å². The number of hydrogen-bond acceptors (Lipinski definition) is 5. The lowest BCUT2D eigenvalue weighted by Crippen LogP contribution is -2.24. The standard InChI is InChI=1S/C13H13F3N4S/c14-13(15,16)11-18-19-12(21-11)20(10-4-5-10)7-8-2-1-3-9(17)6-8/h1-3,6,10H,4-5,7,17H2. The minimum Gasteiger partial charge on any atom is -0.399 e. The first-order valence-electron chi connectivity index (χ1n) is 6.45. The van der Waals surface area contributed by atoms with Crippen LogP contribution in [0.4, 0.5) is 24.0 Å². The van der Waals surface area contributed by atoms with Crippen LogP contribution in [-0.2, 0) is 12.7 Å².